The van der Waals surface area contributed by atoms with Crippen molar-refractivity contribution in [2.45, 2.75) is 26.7 Å². The zero-order valence-electron chi connectivity index (χ0n) is 11.7. The van der Waals surface area contributed by atoms with Crippen LogP contribution < -0.4 is 10.6 Å². The summed E-state index contributed by atoms with van der Waals surface area (Å²) in [6.45, 7) is 7.10. The van der Waals surface area contributed by atoms with E-state index < -0.39 is 0 Å². The molecule has 2 N–H and O–H groups in total. The highest BCUT2D eigenvalue weighted by Crippen LogP contribution is 2.26. The van der Waals surface area contributed by atoms with Gasteiger partial charge in [-0.05, 0) is 49.9 Å². The fourth-order valence-electron chi connectivity index (χ4n) is 2.42. The van der Waals surface area contributed by atoms with Crippen molar-refractivity contribution in [1.29, 1.82) is 0 Å². The molecule has 1 aromatic rings. The average Bonchev–Trinajstić information content (AvgIpc) is 2.38. The molecule has 0 spiro atoms. The molecule has 0 bridgehead atoms. The van der Waals surface area contributed by atoms with Crippen LogP contribution in [0.5, 0.6) is 0 Å². The molecule has 0 atom stereocenters. The topological polar surface area (TPSA) is 41.1 Å². The van der Waals surface area contributed by atoms with E-state index in [0.29, 0.717) is 0 Å². The van der Waals surface area contributed by atoms with Gasteiger partial charge in [-0.15, -0.1) is 12.4 Å². The van der Waals surface area contributed by atoms with Crippen molar-refractivity contribution in [1.82, 2.24) is 10.6 Å². The molecular formula is C15H23ClN2O. The van der Waals surface area contributed by atoms with Gasteiger partial charge < -0.3 is 10.6 Å². The Labute approximate surface area is 121 Å². The van der Waals surface area contributed by atoms with Crippen LogP contribution in [0.3, 0.4) is 0 Å². The first-order valence-electron chi connectivity index (χ1n) is 6.65. The minimum absolute atomic E-state index is 0. The van der Waals surface area contributed by atoms with Crippen molar-refractivity contribution in [3.63, 3.8) is 0 Å². The fourth-order valence-corrected chi connectivity index (χ4v) is 2.42. The lowest BCUT2D eigenvalue weighted by molar-refractivity contribution is 0.0921. The van der Waals surface area contributed by atoms with Crippen molar-refractivity contribution in [2.24, 2.45) is 5.41 Å². The van der Waals surface area contributed by atoms with E-state index in [2.05, 4.69) is 17.6 Å². The van der Waals surface area contributed by atoms with E-state index in [1.54, 1.807) is 0 Å². The zero-order valence-corrected chi connectivity index (χ0v) is 12.5. The van der Waals surface area contributed by atoms with Gasteiger partial charge in [0.1, 0.15) is 0 Å². The summed E-state index contributed by atoms with van der Waals surface area (Å²) in [6, 6.07) is 7.73. The molecule has 0 aromatic heterocycles. The summed E-state index contributed by atoms with van der Waals surface area (Å²) in [5.41, 5.74) is 2.06. The lowest BCUT2D eigenvalue weighted by atomic mass is 9.81. The van der Waals surface area contributed by atoms with Crippen molar-refractivity contribution in [2.75, 3.05) is 19.6 Å². The van der Waals surface area contributed by atoms with E-state index in [1.165, 1.54) is 0 Å². The first-order valence-corrected chi connectivity index (χ1v) is 6.65. The van der Waals surface area contributed by atoms with E-state index in [1.807, 2.05) is 31.2 Å². The minimum Gasteiger partial charge on any atom is -0.351 e. The second kappa shape index (κ2) is 6.92. The molecule has 1 fully saturated rings. The van der Waals surface area contributed by atoms with Crippen LogP contribution in [0.4, 0.5) is 0 Å². The Morgan fingerprint density at radius 2 is 1.95 bits per heavy atom. The number of nitrogens with one attached hydrogen (secondary N) is 2. The number of rotatable bonds is 3. The first kappa shape index (κ1) is 16.0. The number of hydrogen-bond acceptors (Lipinski definition) is 2. The second-order valence-electron chi connectivity index (χ2n) is 5.56. The smallest absolute Gasteiger partial charge is 0.251 e. The van der Waals surface area contributed by atoms with Gasteiger partial charge in [0.05, 0.1) is 0 Å². The molecule has 1 amide bonds. The maximum atomic E-state index is 12.1. The van der Waals surface area contributed by atoms with Crippen LogP contribution >= 0.6 is 12.4 Å². The van der Waals surface area contributed by atoms with Gasteiger partial charge in [0.15, 0.2) is 0 Å². The molecule has 0 unspecified atom stereocenters. The molecule has 1 aromatic carbocycles. The van der Waals surface area contributed by atoms with Crippen molar-refractivity contribution in [3.8, 4) is 0 Å². The summed E-state index contributed by atoms with van der Waals surface area (Å²) >= 11 is 0. The molecule has 2 rings (SSSR count). The molecule has 1 saturated heterocycles. The SMILES string of the molecule is Cc1ccccc1C(=O)NCC1(C)CCNCC1.Cl. The lowest BCUT2D eigenvalue weighted by Crippen LogP contribution is -2.43. The standard InChI is InChI=1S/C15H22N2O.ClH/c1-12-5-3-4-6-13(12)14(18)17-11-15(2)7-9-16-10-8-15;/h3-6,16H,7-11H2,1-2H3,(H,17,18);1H. The van der Waals surface area contributed by atoms with Crippen LogP contribution in [-0.4, -0.2) is 25.5 Å². The number of benzene rings is 1. The molecule has 4 heteroatoms. The van der Waals surface area contributed by atoms with Crippen LogP contribution in [0.2, 0.25) is 0 Å². The third-order valence-electron chi connectivity index (χ3n) is 3.88. The number of piperidine rings is 1. The summed E-state index contributed by atoms with van der Waals surface area (Å²) in [5.74, 6) is 0.0489. The Hall–Kier alpha value is -1.06. The molecule has 3 nitrogen and oxygen atoms in total. The summed E-state index contributed by atoms with van der Waals surface area (Å²) in [6.07, 6.45) is 2.25. The molecule has 106 valence electrons. The minimum atomic E-state index is 0. The molecule has 1 aliphatic heterocycles. The van der Waals surface area contributed by atoms with Gasteiger partial charge in [-0.2, -0.15) is 0 Å². The zero-order chi connectivity index (χ0) is 13.0. The predicted molar refractivity (Wildman–Crippen MR) is 81.0 cm³/mol. The molecule has 19 heavy (non-hydrogen) atoms. The van der Waals surface area contributed by atoms with E-state index in [-0.39, 0.29) is 23.7 Å². The highest BCUT2D eigenvalue weighted by molar-refractivity contribution is 5.95. The summed E-state index contributed by atoms with van der Waals surface area (Å²) < 4.78 is 0. The van der Waals surface area contributed by atoms with Gasteiger partial charge in [0.2, 0.25) is 0 Å². The fraction of sp³-hybridized carbons (Fsp3) is 0.533. The van der Waals surface area contributed by atoms with Crippen molar-refractivity contribution in [3.05, 3.63) is 35.4 Å². The molecule has 1 heterocycles. The number of hydrogen-bond donors (Lipinski definition) is 2. The maximum Gasteiger partial charge on any atom is 0.251 e. The number of halogens is 1. The van der Waals surface area contributed by atoms with E-state index in [9.17, 15) is 4.79 Å². The lowest BCUT2D eigenvalue weighted by Gasteiger charge is -2.34. The molecule has 0 saturated carbocycles. The Balaban J connectivity index is 0.00000180. The van der Waals surface area contributed by atoms with Crippen LogP contribution in [0.15, 0.2) is 24.3 Å². The third-order valence-corrected chi connectivity index (χ3v) is 3.88. The highest BCUT2D eigenvalue weighted by Gasteiger charge is 2.27. The Bertz CT molecular complexity index is 428. The maximum absolute atomic E-state index is 12.1. The molecule has 0 aliphatic carbocycles. The Kier molecular flexibility index (Phi) is 5.83. The molecular weight excluding hydrogens is 260 g/mol. The van der Waals surface area contributed by atoms with Crippen LogP contribution in [0.1, 0.15) is 35.7 Å². The highest BCUT2D eigenvalue weighted by atomic mass is 35.5. The van der Waals surface area contributed by atoms with Crippen molar-refractivity contribution < 1.29 is 4.79 Å². The number of carbonyl (C=O) groups is 1. The predicted octanol–water partition coefficient (Wildman–Crippen LogP) is 2.54. The number of carbonyl (C=O) groups excluding carboxylic acids is 1. The quantitative estimate of drug-likeness (QED) is 0.894. The first-order chi connectivity index (χ1) is 8.61. The van der Waals surface area contributed by atoms with Crippen LogP contribution in [-0.2, 0) is 0 Å². The van der Waals surface area contributed by atoms with Gasteiger partial charge in [-0.25, -0.2) is 0 Å². The average molecular weight is 283 g/mol. The van der Waals surface area contributed by atoms with Crippen molar-refractivity contribution >= 4 is 18.3 Å². The molecule has 1 aliphatic rings. The summed E-state index contributed by atoms with van der Waals surface area (Å²) in [4.78, 5) is 12.1. The van der Waals surface area contributed by atoms with Gasteiger partial charge >= 0.3 is 0 Å². The van der Waals surface area contributed by atoms with Crippen LogP contribution in [0.25, 0.3) is 0 Å². The van der Waals surface area contributed by atoms with E-state index in [0.717, 1.165) is 43.6 Å². The normalized spacial score (nSPS) is 17.4. The summed E-state index contributed by atoms with van der Waals surface area (Å²) in [5, 5.41) is 6.44. The van der Waals surface area contributed by atoms with Gasteiger partial charge in [0.25, 0.3) is 5.91 Å². The number of amides is 1. The van der Waals surface area contributed by atoms with E-state index in [4.69, 9.17) is 0 Å². The van der Waals surface area contributed by atoms with Gasteiger partial charge in [-0.3, -0.25) is 4.79 Å². The van der Waals surface area contributed by atoms with Gasteiger partial charge in [0, 0.05) is 12.1 Å². The van der Waals surface area contributed by atoms with E-state index >= 15 is 0 Å². The third kappa shape index (κ3) is 4.22. The summed E-state index contributed by atoms with van der Waals surface area (Å²) in [7, 11) is 0. The Morgan fingerprint density at radius 3 is 2.58 bits per heavy atom. The second-order valence-corrected chi connectivity index (χ2v) is 5.56. The van der Waals surface area contributed by atoms with Crippen LogP contribution in [0, 0.1) is 12.3 Å². The monoisotopic (exact) mass is 282 g/mol. The largest absolute Gasteiger partial charge is 0.351 e. The molecule has 0 radical (unpaired) electrons. The Morgan fingerprint density at radius 1 is 1.32 bits per heavy atom. The van der Waals surface area contributed by atoms with Gasteiger partial charge in [-0.1, -0.05) is 25.1 Å². The number of aryl methyl sites for hydroxylation is 1.